The van der Waals surface area contributed by atoms with Gasteiger partial charge in [-0.25, -0.2) is 0 Å². The molecule has 1 amide bonds. The molecule has 1 saturated carbocycles. The number of hydrogen-bond acceptors (Lipinski definition) is 8. The third-order valence-electron chi connectivity index (χ3n) is 6.66. The maximum absolute atomic E-state index is 13.7. The van der Waals surface area contributed by atoms with Gasteiger partial charge in [0.05, 0.1) is 30.7 Å². The number of unbranched alkanes of at least 4 members (excludes halogenated alkanes) is 1. The zero-order valence-electron chi connectivity index (χ0n) is 19.5. The molecule has 0 spiro atoms. The maximum atomic E-state index is 13.7. The number of aromatic nitrogens is 2. The molecule has 1 fully saturated rings. The summed E-state index contributed by atoms with van der Waals surface area (Å²) in [7, 11) is 0. The third-order valence-corrected chi connectivity index (χ3v) is 7.35. The number of rotatable bonds is 8. The molecule has 34 heavy (non-hydrogen) atoms. The number of fused-ring (bicyclic) bond motifs is 1. The first-order valence-corrected chi connectivity index (χ1v) is 13.0. The Morgan fingerprint density at radius 2 is 2.00 bits per heavy atom. The summed E-state index contributed by atoms with van der Waals surface area (Å²) < 4.78 is 18.0. The van der Waals surface area contributed by atoms with Crippen molar-refractivity contribution in [3.05, 3.63) is 40.6 Å². The lowest BCUT2D eigenvalue weighted by molar-refractivity contribution is -0.131. The number of carbonyl (C=O) groups excluding carboxylic acids is 2. The molecule has 0 saturated heterocycles. The molecule has 3 aliphatic rings. The second-order valence-electron chi connectivity index (χ2n) is 8.79. The summed E-state index contributed by atoms with van der Waals surface area (Å²) in [4.78, 5) is 28.8. The number of nitrogens with zero attached hydrogens (tertiary/aromatic N) is 3. The number of Topliss-reactive ketones (excluding diaryl/α,β-unsaturated/α-hetero) is 1. The lowest BCUT2D eigenvalue weighted by atomic mass is 9.77. The SMILES string of the molecule is CCCCOc1ccc(C2C3=C(OC4CCCCC4C3=O)C(=O)N2c2nncs2)cc1OCC. The van der Waals surface area contributed by atoms with Gasteiger partial charge in [0.2, 0.25) is 5.13 Å². The van der Waals surface area contributed by atoms with Crippen LogP contribution in [-0.2, 0) is 14.3 Å². The van der Waals surface area contributed by atoms with E-state index >= 15 is 0 Å². The first-order chi connectivity index (χ1) is 16.6. The van der Waals surface area contributed by atoms with E-state index in [-0.39, 0.29) is 29.5 Å². The van der Waals surface area contributed by atoms with E-state index in [0.29, 0.717) is 35.4 Å². The summed E-state index contributed by atoms with van der Waals surface area (Å²) in [5, 5.41) is 8.51. The van der Waals surface area contributed by atoms with Crippen LogP contribution in [0.1, 0.15) is 64.0 Å². The predicted octanol–water partition coefficient (Wildman–Crippen LogP) is 4.62. The molecule has 2 aliphatic heterocycles. The fourth-order valence-electron chi connectivity index (χ4n) is 5.04. The van der Waals surface area contributed by atoms with Crippen LogP contribution in [-0.4, -0.2) is 41.2 Å². The van der Waals surface area contributed by atoms with Crippen LogP contribution in [0.4, 0.5) is 5.13 Å². The average Bonchev–Trinajstić information content (AvgIpc) is 3.47. The second kappa shape index (κ2) is 9.74. The van der Waals surface area contributed by atoms with Gasteiger partial charge in [0, 0.05) is 0 Å². The van der Waals surface area contributed by atoms with E-state index in [0.717, 1.165) is 44.1 Å². The molecule has 0 N–H and O–H groups in total. The highest BCUT2D eigenvalue weighted by atomic mass is 32.1. The van der Waals surface area contributed by atoms with Crippen molar-refractivity contribution in [2.24, 2.45) is 5.92 Å². The number of amides is 1. The minimum absolute atomic E-state index is 0.0116. The molecule has 2 aromatic rings. The fraction of sp³-hybridized carbons (Fsp3) is 0.520. The average molecular weight is 484 g/mol. The Morgan fingerprint density at radius 3 is 2.76 bits per heavy atom. The summed E-state index contributed by atoms with van der Waals surface area (Å²) >= 11 is 1.26. The van der Waals surface area contributed by atoms with Gasteiger partial charge in [0.15, 0.2) is 23.0 Å². The quantitative estimate of drug-likeness (QED) is 0.506. The van der Waals surface area contributed by atoms with Crippen LogP contribution in [0.3, 0.4) is 0 Å². The topological polar surface area (TPSA) is 90.9 Å². The summed E-state index contributed by atoms with van der Waals surface area (Å²) in [5.74, 6) is 0.871. The van der Waals surface area contributed by atoms with Crippen LogP contribution in [0.5, 0.6) is 11.5 Å². The lowest BCUT2D eigenvalue weighted by Crippen LogP contribution is -2.39. The van der Waals surface area contributed by atoms with Crippen LogP contribution < -0.4 is 14.4 Å². The lowest BCUT2D eigenvalue weighted by Gasteiger charge is -2.35. The third kappa shape index (κ3) is 3.96. The molecule has 8 nitrogen and oxygen atoms in total. The molecule has 1 aromatic carbocycles. The first-order valence-electron chi connectivity index (χ1n) is 12.1. The molecule has 180 valence electrons. The van der Waals surface area contributed by atoms with Gasteiger partial charge < -0.3 is 14.2 Å². The normalized spacial score (nSPS) is 24.1. The Morgan fingerprint density at radius 1 is 1.15 bits per heavy atom. The van der Waals surface area contributed by atoms with Crippen molar-refractivity contribution in [1.82, 2.24) is 10.2 Å². The summed E-state index contributed by atoms with van der Waals surface area (Å²) in [6, 6.07) is 4.98. The highest BCUT2D eigenvalue weighted by Gasteiger charge is 2.53. The molecular formula is C25H29N3O5S. The Hall–Kier alpha value is -2.94. The molecule has 1 aromatic heterocycles. The molecule has 3 unspecified atom stereocenters. The van der Waals surface area contributed by atoms with Gasteiger partial charge in [0.25, 0.3) is 5.91 Å². The second-order valence-corrected chi connectivity index (χ2v) is 9.61. The van der Waals surface area contributed by atoms with Crippen molar-refractivity contribution < 1.29 is 23.8 Å². The van der Waals surface area contributed by atoms with Gasteiger partial charge >= 0.3 is 0 Å². The smallest absolute Gasteiger partial charge is 0.296 e. The number of anilines is 1. The van der Waals surface area contributed by atoms with Gasteiger partial charge in [-0.3, -0.25) is 14.5 Å². The summed E-state index contributed by atoms with van der Waals surface area (Å²) in [6.45, 7) is 5.09. The zero-order chi connectivity index (χ0) is 23.7. The van der Waals surface area contributed by atoms with E-state index in [1.807, 2.05) is 25.1 Å². The van der Waals surface area contributed by atoms with E-state index < -0.39 is 6.04 Å². The van der Waals surface area contributed by atoms with Crippen LogP contribution in [0.25, 0.3) is 0 Å². The van der Waals surface area contributed by atoms with Crippen molar-refractivity contribution in [1.29, 1.82) is 0 Å². The minimum Gasteiger partial charge on any atom is -0.490 e. The Kier molecular flexibility index (Phi) is 6.54. The van der Waals surface area contributed by atoms with Crippen molar-refractivity contribution >= 4 is 28.2 Å². The Labute approximate surface area is 202 Å². The standard InChI is InChI=1S/C25H29N3O5S/c1-3-5-12-32-18-11-10-15(13-19(18)31-4-2)21-20-22(29)16-8-6-7-9-17(16)33-23(20)24(30)28(21)25-27-26-14-34-25/h10-11,13-14,16-17,21H,3-9,12H2,1-2H3. The summed E-state index contributed by atoms with van der Waals surface area (Å²) in [5.41, 5.74) is 2.76. The maximum Gasteiger partial charge on any atom is 0.296 e. The number of hydrogen-bond donors (Lipinski definition) is 0. The highest BCUT2D eigenvalue weighted by Crippen LogP contribution is 2.49. The van der Waals surface area contributed by atoms with Crippen LogP contribution in [0.2, 0.25) is 0 Å². The van der Waals surface area contributed by atoms with Crippen LogP contribution in [0, 0.1) is 5.92 Å². The molecule has 9 heteroatoms. The van der Waals surface area contributed by atoms with Crippen molar-refractivity contribution in [3.63, 3.8) is 0 Å². The van der Waals surface area contributed by atoms with E-state index in [4.69, 9.17) is 14.2 Å². The minimum atomic E-state index is -0.644. The largest absolute Gasteiger partial charge is 0.490 e. The Bertz CT molecular complexity index is 1100. The number of ether oxygens (including phenoxy) is 3. The van der Waals surface area contributed by atoms with Gasteiger partial charge in [-0.15, -0.1) is 10.2 Å². The summed E-state index contributed by atoms with van der Waals surface area (Å²) in [6.07, 6.45) is 5.33. The van der Waals surface area contributed by atoms with Crippen molar-refractivity contribution in [2.75, 3.05) is 18.1 Å². The number of ketones is 1. The monoisotopic (exact) mass is 483 g/mol. The van der Waals surface area contributed by atoms with Crippen molar-refractivity contribution in [2.45, 2.75) is 64.5 Å². The predicted molar refractivity (Wildman–Crippen MR) is 127 cm³/mol. The number of carbonyl (C=O) groups is 2. The van der Waals surface area contributed by atoms with E-state index in [2.05, 4.69) is 17.1 Å². The molecule has 3 atom stereocenters. The van der Waals surface area contributed by atoms with E-state index in [9.17, 15) is 9.59 Å². The van der Waals surface area contributed by atoms with Crippen LogP contribution >= 0.6 is 11.3 Å². The number of benzene rings is 1. The molecule has 1 aliphatic carbocycles. The zero-order valence-corrected chi connectivity index (χ0v) is 20.3. The van der Waals surface area contributed by atoms with Gasteiger partial charge in [-0.2, -0.15) is 0 Å². The molecule has 0 bridgehead atoms. The van der Waals surface area contributed by atoms with Gasteiger partial charge in [-0.05, 0) is 50.3 Å². The molecule has 3 heterocycles. The van der Waals surface area contributed by atoms with Gasteiger partial charge in [-0.1, -0.05) is 37.2 Å². The molecule has 5 rings (SSSR count). The first kappa shape index (κ1) is 22.8. The Balaban J connectivity index is 1.58. The van der Waals surface area contributed by atoms with Crippen molar-refractivity contribution in [3.8, 4) is 11.5 Å². The fourth-order valence-corrected chi connectivity index (χ4v) is 5.62. The molecular weight excluding hydrogens is 454 g/mol. The van der Waals surface area contributed by atoms with Crippen LogP contribution in [0.15, 0.2) is 35.0 Å². The highest BCUT2D eigenvalue weighted by molar-refractivity contribution is 7.13. The van der Waals surface area contributed by atoms with E-state index in [1.54, 1.807) is 10.4 Å². The van der Waals surface area contributed by atoms with E-state index in [1.165, 1.54) is 11.3 Å². The molecule has 0 radical (unpaired) electrons. The van der Waals surface area contributed by atoms with Gasteiger partial charge in [0.1, 0.15) is 11.6 Å².